The molecule has 2 aromatic rings. The van der Waals surface area contributed by atoms with Gasteiger partial charge in [0.25, 0.3) is 0 Å². The molecular formula is C23H34FIN4O3. The zero-order valence-electron chi connectivity index (χ0n) is 19.5. The predicted octanol–water partition coefficient (Wildman–Crippen LogP) is 3.70. The van der Waals surface area contributed by atoms with Gasteiger partial charge in [-0.1, -0.05) is 6.07 Å². The molecule has 2 N–H and O–H groups in total. The van der Waals surface area contributed by atoms with Crippen molar-refractivity contribution in [2.24, 2.45) is 4.99 Å². The van der Waals surface area contributed by atoms with Crippen LogP contribution in [-0.4, -0.2) is 65.4 Å². The number of guanidine groups is 1. The van der Waals surface area contributed by atoms with Crippen molar-refractivity contribution in [3.8, 4) is 17.2 Å². The van der Waals surface area contributed by atoms with E-state index in [9.17, 15) is 4.39 Å². The molecular weight excluding hydrogens is 526 g/mol. The third-order valence-electron chi connectivity index (χ3n) is 4.81. The molecule has 0 radical (unpaired) electrons. The van der Waals surface area contributed by atoms with Gasteiger partial charge in [0, 0.05) is 13.6 Å². The third-order valence-corrected chi connectivity index (χ3v) is 4.81. The summed E-state index contributed by atoms with van der Waals surface area (Å²) in [7, 11) is 9.03. The van der Waals surface area contributed by atoms with Gasteiger partial charge >= 0.3 is 0 Å². The number of nitrogens with one attached hydrogen (secondary N) is 2. The van der Waals surface area contributed by atoms with Crippen LogP contribution in [0.4, 0.5) is 4.39 Å². The van der Waals surface area contributed by atoms with E-state index >= 15 is 0 Å². The molecule has 9 heteroatoms. The monoisotopic (exact) mass is 560 g/mol. The maximum Gasteiger partial charge on any atom is 0.191 e. The molecule has 0 saturated heterocycles. The van der Waals surface area contributed by atoms with Crippen LogP contribution >= 0.6 is 24.0 Å². The van der Waals surface area contributed by atoms with E-state index in [0.717, 1.165) is 5.56 Å². The van der Waals surface area contributed by atoms with Crippen molar-refractivity contribution in [1.82, 2.24) is 15.5 Å². The molecule has 7 nitrogen and oxygen atoms in total. The molecule has 0 bridgehead atoms. The molecule has 0 fully saturated rings. The summed E-state index contributed by atoms with van der Waals surface area (Å²) in [6.45, 7) is 3.12. The standard InChI is InChI=1S/C23H33FN4O3.HI/c1-16(31-19-10-8-18(24)9-11-19)14-26-23(25-2)27-15-20(28(3)4)17-7-12-21(29-5)22(13-17)30-6;/h7-13,16,20H,14-15H2,1-6H3,(H2,25,26,27);1H. The lowest BCUT2D eigenvalue weighted by Crippen LogP contribution is -2.44. The minimum Gasteiger partial charge on any atom is -0.493 e. The third kappa shape index (κ3) is 8.34. The summed E-state index contributed by atoms with van der Waals surface area (Å²) in [6, 6.07) is 12.0. The smallest absolute Gasteiger partial charge is 0.191 e. The summed E-state index contributed by atoms with van der Waals surface area (Å²) >= 11 is 0. The van der Waals surface area contributed by atoms with Crippen molar-refractivity contribution in [3.63, 3.8) is 0 Å². The van der Waals surface area contributed by atoms with E-state index in [1.807, 2.05) is 39.2 Å². The van der Waals surface area contributed by atoms with Crippen LogP contribution in [0.15, 0.2) is 47.5 Å². The first-order chi connectivity index (χ1) is 14.9. The molecule has 0 saturated carbocycles. The normalized spacial score (nSPS) is 13.1. The highest BCUT2D eigenvalue weighted by atomic mass is 127. The van der Waals surface area contributed by atoms with Crippen molar-refractivity contribution in [2.75, 3.05) is 48.5 Å². The Labute approximate surface area is 207 Å². The van der Waals surface area contributed by atoms with E-state index in [0.29, 0.717) is 36.3 Å². The highest BCUT2D eigenvalue weighted by Crippen LogP contribution is 2.31. The average Bonchev–Trinajstić information content (AvgIpc) is 2.77. The van der Waals surface area contributed by atoms with E-state index < -0.39 is 0 Å². The molecule has 0 heterocycles. The van der Waals surface area contributed by atoms with Crippen LogP contribution in [0.5, 0.6) is 17.2 Å². The largest absolute Gasteiger partial charge is 0.493 e. The van der Waals surface area contributed by atoms with E-state index in [1.54, 1.807) is 33.4 Å². The van der Waals surface area contributed by atoms with Crippen molar-refractivity contribution in [2.45, 2.75) is 19.1 Å². The number of halogens is 2. The average molecular weight is 560 g/mol. The zero-order chi connectivity index (χ0) is 22.8. The van der Waals surface area contributed by atoms with Crippen molar-refractivity contribution in [3.05, 3.63) is 53.8 Å². The molecule has 0 aliphatic carbocycles. The van der Waals surface area contributed by atoms with E-state index in [4.69, 9.17) is 14.2 Å². The highest BCUT2D eigenvalue weighted by molar-refractivity contribution is 14.0. The van der Waals surface area contributed by atoms with Gasteiger partial charge in [0.15, 0.2) is 17.5 Å². The van der Waals surface area contributed by atoms with Gasteiger partial charge in [-0.05, 0) is 63.0 Å². The lowest BCUT2D eigenvalue weighted by molar-refractivity contribution is 0.223. The summed E-state index contributed by atoms with van der Waals surface area (Å²) in [4.78, 5) is 6.42. The summed E-state index contributed by atoms with van der Waals surface area (Å²) in [5.74, 6) is 2.40. The SMILES string of the molecule is CN=C(NCC(C)Oc1ccc(F)cc1)NCC(c1ccc(OC)c(OC)c1)N(C)C.I. The van der Waals surface area contributed by atoms with Crippen LogP contribution in [0.25, 0.3) is 0 Å². The van der Waals surface area contributed by atoms with Gasteiger partial charge in [0.2, 0.25) is 0 Å². The minimum absolute atomic E-state index is 0. The van der Waals surface area contributed by atoms with Crippen molar-refractivity contribution in [1.29, 1.82) is 0 Å². The fourth-order valence-corrected chi connectivity index (χ4v) is 3.10. The number of nitrogens with zero attached hydrogens (tertiary/aromatic N) is 2. The van der Waals surface area contributed by atoms with Crippen LogP contribution in [0.3, 0.4) is 0 Å². The molecule has 0 aromatic heterocycles. The predicted molar refractivity (Wildman–Crippen MR) is 137 cm³/mol. The van der Waals surface area contributed by atoms with E-state index in [2.05, 4.69) is 20.5 Å². The van der Waals surface area contributed by atoms with E-state index in [-0.39, 0.29) is 41.9 Å². The molecule has 2 rings (SSSR count). The first-order valence-electron chi connectivity index (χ1n) is 10.1. The number of rotatable bonds is 10. The first-order valence-corrected chi connectivity index (χ1v) is 10.1. The Balaban J connectivity index is 0.00000512. The molecule has 32 heavy (non-hydrogen) atoms. The lowest BCUT2D eigenvalue weighted by Gasteiger charge is -2.27. The molecule has 2 atom stereocenters. The minimum atomic E-state index is -0.285. The van der Waals surface area contributed by atoms with Gasteiger partial charge in [0.1, 0.15) is 17.7 Å². The van der Waals surface area contributed by atoms with Crippen LogP contribution < -0.4 is 24.8 Å². The molecule has 0 aliphatic heterocycles. The molecule has 0 spiro atoms. The fourth-order valence-electron chi connectivity index (χ4n) is 3.10. The van der Waals surface area contributed by atoms with Crippen LogP contribution in [0.2, 0.25) is 0 Å². The lowest BCUT2D eigenvalue weighted by atomic mass is 10.1. The number of methoxy groups -OCH3 is 2. The highest BCUT2D eigenvalue weighted by Gasteiger charge is 2.17. The Bertz CT molecular complexity index is 850. The summed E-state index contributed by atoms with van der Waals surface area (Å²) in [6.07, 6.45) is -0.125. The zero-order valence-corrected chi connectivity index (χ0v) is 21.8. The maximum atomic E-state index is 13.0. The van der Waals surface area contributed by atoms with Crippen LogP contribution in [0, 0.1) is 5.82 Å². The molecule has 0 amide bonds. The number of hydrogen-bond donors (Lipinski definition) is 2. The Morgan fingerprint density at radius 2 is 1.62 bits per heavy atom. The van der Waals surface area contributed by atoms with Crippen LogP contribution in [-0.2, 0) is 0 Å². The number of benzene rings is 2. The first kappa shape index (κ1) is 27.8. The summed E-state index contributed by atoms with van der Waals surface area (Å²) in [5, 5.41) is 6.63. The Hall–Kier alpha value is -2.27. The van der Waals surface area contributed by atoms with Crippen LogP contribution in [0.1, 0.15) is 18.5 Å². The van der Waals surface area contributed by atoms with Crippen molar-refractivity contribution < 1.29 is 18.6 Å². The second kappa shape index (κ2) is 14.0. The number of ether oxygens (including phenoxy) is 3. The Morgan fingerprint density at radius 1 is 1.00 bits per heavy atom. The quantitative estimate of drug-likeness (QED) is 0.263. The number of aliphatic imine (C=N–C) groups is 1. The van der Waals surface area contributed by atoms with E-state index in [1.165, 1.54) is 12.1 Å². The van der Waals surface area contributed by atoms with Gasteiger partial charge in [-0.2, -0.15) is 0 Å². The molecule has 178 valence electrons. The second-order valence-corrected chi connectivity index (χ2v) is 7.31. The van der Waals surface area contributed by atoms with Gasteiger partial charge in [0.05, 0.1) is 26.8 Å². The van der Waals surface area contributed by atoms with Gasteiger partial charge in [-0.3, -0.25) is 4.99 Å². The molecule has 2 unspecified atom stereocenters. The number of hydrogen-bond acceptors (Lipinski definition) is 5. The summed E-state index contributed by atoms with van der Waals surface area (Å²) in [5.41, 5.74) is 1.10. The van der Waals surface area contributed by atoms with Gasteiger partial charge < -0.3 is 29.7 Å². The molecule has 2 aromatic carbocycles. The fraction of sp³-hybridized carbons (Fsp3) is 0.435. The second-order valence-electron chi connectivity index (χ2n) is 7.31. The topological polar surface area (TPSA) is 67.4 Å². The van der Waals surface area contributed by atoms with Crippen molar-refractivity contribution >= 4 is 29.9 Å². The Kier molecular flexibility index (Phi) is 12.1. The summed E-state index contributed by atoms with van der Waals surface area (Å²) < 4.78 is 29.6. The van der Waals surface area contributed by atoms with Gasteiger partial charge in [-0.15, -0.1) is 24.0 Å². The van der Waals surface area contributed by atoms with Gasteiger partial charge in [-0.25, -0.2) is 4.39 Å². The molecule has 0 aliphatic rings. The Morgan fingerprint density at radius 3 is 2.19 bits per heavy atom. The maximum absolute atomic E-state index is 13.0. The number of likely N-dealkylation sites (N-methyl/N-ethyl adjacent to an activating group) is 1.